The monoisotopic (exact) mass is 184 g/mol. The van der Waals surface area contributed by atoms with Crippen LogP contribution in [0.5, 0.6) is 0 Å². The van der Waals surface area contributed by atoms with Crippen LogP contribution < -0.4 is 0 Å². The van der Waals surface area contributed by atoms with Crippen LogP contribution in [0.25, 0.3) is 0 Å². The summed E-state index contributed by atoms with van der Waals surface area (Å²) in [7, 11) is 0. The molecule has 0 aromatic rings. The van der Waals surface area contributed by atoms with E-state index in [4.69, 9.17) is 0 Å². The zero-order valence-electron chi connectivity index (χ0n) is 9.34. The van der Waals surface area contributed by atoms with E-state index in [1.54, 1.807) is 0 Å². The summed E-state index contributed by atoms with van der Waals surface area (Å²) in [6.45, 7) is 6.35. The molecule has 13 heavy (non-hydrogen) atoms. The van der Waals surface area contributed by atoms with Gasteiger partial charge in [0.15, 0.2) is 0 Å². The van der Waals surface area contributed by atoms with E-state index >= 15 is 0 Å². The maximum atomic E-state index is 9.85. The van der Waals surface area contributed by atoms with Crippen LogP contribution in [0.3, 0.4) is 0 Å². The average Bonchev–Trinajstić information content (AvgIpc) is 2.50. The van der Waals surface area contributed by atoms with Gasteiger partial charge in [-0.3, -0.25) is 0 Å². The summed E-state index contributed by atoms with van der Waals surface area (Å²) in [6, 6.07) is 0. The zero-order chi connectivity index (χ0) is 9.90. The summed E-state index contributed by atoms with van der Waals surface area (Å²) in [4.78, 5) is 0. The second-order valence-electron chi connectivity index (χ2n) is 5.61. The molecule has 1 N–H and O–H groups in total. The molecular weight excluding hydrogens is 160 g/mol. The molecule has 1 heteroatoms. The number of rotatable bonds is 3. The van der Waals surface area contributed by atoms with Crippen molar-refractivity contribution in [2.24, 2.45) is 11.3 Å². The van der Waals surface area contributed by atoms with E-state index in [1.807, 2.05) is 0 Å². The van der Waals surface area contributed by atoms with Crippen LogP contribution in [0.2, 0.25) is 0 Å². The van der Waals surface area contributed by atoms with Gasteiger partial charge in [-0.15, -0.1) is 0 Å². The predicted octanol–water partition coefficient (Wildman–Crippen LogP) is 3.36. The van der Waals surface area contributed by atoms with E-state index in [0.717, 1.165) is 12.3 Å². The van der Waals surface area contributed by atoms with Crippen LogP contribution in [0, 0.1) is 11.3 Å². The first-order chi connectivity index (χ1) is 6.00. The molecule has 1 atom stereocenters. The summed E-state index contributed by atoms with van der Waals surface area (Å²) >= 11 is 0. The fourth-order valence-electron chi connectivity index (χ4n) is 2.13. The number of hydrogen-bond acceptors (Lipinski definition) is 1. The van der Waals surface area contributed by atoms with Gasteiger partial charge in [-0.05, 0) is 24.2 Å². The molecule has 1 nitrogen and oxygen atoms in total. The Labute approximate surface area is 82.5 Å². The molecule has 1 rings (SSSR count). The second kappa shape index (κ2) is 4.45. The van der Waals surface area contributed by atoms with Gasteiger partial charge in [-0.1, -0.05) is 46.5 Å². The van der Waals surface area contributed by atoms with Crippen LogP contribution in [-0.4, -0.2) is 11.2 Å². The average molecular weight is 184 g/mol. The Hall–Kier alpha value is -0.0400. The topological polar surface area (TPSA) is 20.2 Å². The summed E-state index contributed by atoms with van der Waals surface area (Å²) in [5.74, 6) is 0.914. The molecule has 0 aliphatic heterocycles. The molecule has 1 aliphatic rings. The number of aliphatic hydroxyl groups is 1. The standard InChI is InChI=1S/C12H24O/c1-12(2,3)11(13)9-8-10-6-4-5-7-10/h10-11,13H,4-9H2,1-3H3. The Bertz CT molecular complexity index is 140. The third-order valence-corrected chi connectivity index (χ3v) is 3.32. The van der Waals surface area contributed by atoms with Gasteiger partial charge in [0.1, 0.15) is 0 Å². The van der Waals surface area contributed by atoms with Gasteiger partial charge >= 0.3 is 0 Å². The Balaban J connectivity index is 2.17. The van der Waals surface area contributed by atoms with Crippen molar-refractivity contribution in [2.75, 3.05) is 0 Å². The molecule has 0 aromatic carbocycles. The van der Waals surface area contributed by atoms with Crippen molar-refractivity contribution in [1.82, 2.24) is 0 Å². The first kappa shape index (κ1) is 11.0. The molecule has 0 amide bonds. The van der Waals surface area contributed by atoms with Gasteiger partial charge in [-0.2, -0.15) is 0 Å². The minimum Gasteiger partial charge on any atom is -0.393 e. The highest BCUT2D eigenvalue weighted by molar-refractivity contribution is 4.75. The fourth-order valence-corrected chi connectivity index (χ4v) is 2.13. The van der Waals surface area contributed by atoms with Gasteiger partial charge in [0.05, 0.1) is 6.10 Å². The van der Waals surface area contributed by atoms with Crippen LogP contribution >= 0.6 is 0 Å². The Kier molecular flexibility index (Phi) is 3.78. The minimum absolute atomic E-state index is 0.0681. The lowest BCUT2D eigenvalue weighted by Gasteiger charge is -2.26. The summed E-state index contributed by atoms with van der Waals surface area (Å²) in [6.07, 6.45) is 7.74. The van der Waals surface area contributed by atoms with E-state index in [9.17, 15) is 5.11 Å². The van der Waals surface area contributed by atoms with Crippen LogP contribution in [0.15, 0.2) is 0 Å². The molecule has 78 valence electrons. The van der Waals surface area contributed by atoms with E-state index in [-0.39, 0.29) is 11.5 Å². The molecule has 1 saturated carbocycles. The van der Waals surface area contributed by atoms with Crippen molar-refractivity contribution in [3.63, 3.8) is 0 Å². The summed E-state index contributed by atoms with van der Waals surface area (Å²) < 4.78 is 0. The Morgan fingerprint density at radius 3 is 2.23 bits per heavy atom. The quantitative estimate of drug-likeness (QED) is 0.713. The smallest absolute Gasteiger partial charge is 0.0588 e. The van der Waals surface area contributed by atoms with Gasteiger partial charge in [0.2, 0.25) is 0 Å². The van der Waals surface area contributed by atoms with Crippen molar-refractivity contribution in [2.45, 2.75) is 65.4 Å². The fraction of sp³-hybridized carbons (Fsp3) is 1.00. The predicted molar refractivity (Wildman–Crippen MR) is 56.7 cm³/mol. The van der Waals surface area contributed by atoms with E-state index in [2.05, 4.69) is 20.8 Å². The molecule has 1 unspecified atom stereocenters. The maximum absolute atomic E-state index is 9.85. The third kappa shape index (κ3) is 3.68. The first-order valence-corrected chi connectivity index (χ1v) is 5.68. The first-order valence-electron chi connectivity index (χ1n) is 5.68. The van der Waals surface area contributed by atoms with E-state index < -0.39 is 0 Å². The zero-order valence-corrected chi connectivity index (χ0v) is 9.34. The highest BCUT2D eigenvalue weighted by Gasteiger charge is 2.23. The molecule has 0 saturated heterocycles. The van der Waals surface area contributed by atoms with E-state index in [0.29, 0.717) is 0 Å². The van der Waals surface area contributed by atoms with Gasteiger partial charge < -0.3 is 5.11 Å². The molecular formula is C12H24O. The normalized spacial score (nSPS) is 22.2. The Morgan fingerprint density at radius 2 is 1.77 bits per heavy atom. The van der Waals surface area contributed by atoms with Crippen molar-refractivity contribution in [3.05, 3.63) is 0 Å². The van der Waals surface area contributed by atoms with Gasteiger partial charge in [-0.25, -0.2) is 0 Å². The minimum atomic E-state index is -0.118. The van der Waals surface area contributed by atoms with Crippen molar-refractivity contribution < 1.29 is 5.11 Å². The Morgan fingerprint density at radius 1 is 1.23 bits per heavy atom. The lowest BCUT2D eigenvalue weighted by molar-refractivity contribution is 0.0501. The van der Waals surface area contributed by atoms with Gasteiger partial charge in [0.25, 0.3) is 0 Å². The summed E-state index contributed by atoms with van der Waals surface area (Å²) in [5.41, 5.74) is 0.0681. The molecule has 1 fully saturated rings. The third-order valence-electron chi connectivity index (χ3n) is 3.32. The SMILES string of the molecule is CC(C)(C)C(O)CCC1CCCC1. The largest absolute Gasteiger partial charge is 0.393 e. The van der Waals surface area contributed by atoms with Gasteiger partial charge in [0, 0.05) is 0 Å². The lowest BCUT2D eigenvalue weighted by Crippen LogP contribution is -2.26. The number of hydrogen-bond donors (Lipinski definition) is 1. The van der Waals surface area contributed by atoms with Crippen molar-refractivity contribution >= 4 is 0 Å². The lowest BCUT2D eigenvalue weighted by atomic mass is 9.84. The van der Waals surface area contributed by atoms with Crippen molar-refractivity contribution in [3.8, 4) is 0 Å². The van der Waals surface area contributed by atoms with Crippen LogP contribution in [-0.2, 0) is 0 Å². The van der Waals surface area contributed by atoms with Crippen LogP contribution in [0.1, 0.15) is 59.3 Å². The molecule has 0 bridgehead atoms. The highest BCUT2D eigenvalue weighted by Crippen LogP contribution is 2.31. The molecule has 0 spiro atoms. The highest BCUT2D eigenvalue weighted by atomic mass is 16.3. The molecule has 0 heterocycles. The molecule has 0 aromatic heterocycles. The van der Waals surface area contributed by atoms with E-state index in [1.165, 1.54) is 32.1 Å². The van der Waals surface area contributed by atoms with Crippen molar-refractivity contribution in [1.29, 1.82) is 0 Å². The van der Waals surface area contributed by atoms with Crippen LogP contribution in [0.4, 0.5) is 0 Å². The number of aliphatic hydroxyl groups excluding tert-OH is 1. The molecule has 0 radical (unpaired) electrons. The second-order valence-corrected chi connectivity index (χ2v) is 5.61. The maximum Gasteiger partial charge on any atom is 0.0588 e. The summed E-state index contributed by atoms with van der Waals surface area (Å²) in [5, 5.41) is 9.85. The molecule has 1 aliphatic carbocycles.